The molecule has 0 radical (unpaired) electrons. The highest BCUT2D eigenvalue weighted by atomic mass is 16.3. The Kier molecular flexibility index (Phi) is 3.42. The largest absolute Gasteiger partial charge is 0.469 e. The summed E-state index contributed by atoms with van der Waals surface area (Å²) < 4.78 is 5.50. The number of nitrogens with one attached hydrogen (secondary N) is 1. The van der Waals surface area contributed by atoms with Gasteiger partial charge in [-0.05, 0) is 49.2 Å². The van der Waals surface area contributed by atoms with Crippen molar-refractivity contribution in [1.82, 2.24) is 0 Å². The molecule has 1 aliphatic rings. The second kappa shape index (κ2) is 5.36. The van der Waals surface area contributed by atoms with Gasteiger partial charge in [0.25, 0.3) is 0 Å². The van der Waals surface area contributed by atoms with Gasteiger partial charge in [0, 0.05) is 30.4 Å². The van der Waals surface area contributed by atoms with Gasteiger partial charge in [0.2, 0.25) is 0 Å². The van der Waals surface area contributed by atoms with Gasteiger partial charge < -0.3 is 14.7 Å². The topological polar surface area (TPSA) is 54.4 Å². The molecule has 3 N–H and O–H groups in total. The Balaban J connectivity index is 1.63. The molecule has 2 aromatic rings. The molecule has 0 spiro atoms. The second-order valence-electron chi connectivity index (χ2n) is 4.97. The SMILES string of the molecule is NNc1ccc(N2CCC(c3ccco3)CC2)cc1. The van der Waals surface area contributed by atoms with Crippen LogP contribution in [-0.2, 0) is 0 Å². The van der Waals surface area contributed by atoms with Crippen molar-refractivity contribution in [3.05, 3.63) is 48.4 Å². The molecule has 2 heterocycles. The predicted octanol–water partition coefficient (Wildman–Crippen LogP) is 2.95. The van der Waals surface area contributed by atoms with Gasteiger partial charge in [0.15, 0.2) is 0 Å². The molecule has 0 saturated carbocycles. The molecule has 0 aliphatic carbocycles. The summed E-state index contributed by atoms with van der Waals surface area (Å²) in [5, 5.41) is 0. The van der Waals surface area contributed by atoms with E-state index in [0.29, 0.717) is 5.92 Å². The van der Waals surface area contributed by atoms with E-state index in [4.69, 9.17) is 10.3 Å². The highest BCUT2D eigenvalue weighted by molar-refractivity contribution is 5.54. The van der Waals surface area contributed by atoms with Gasteiger partial charge >= 0.3 is 0 Å². The first-order valence-corrected chi connectivity index (χ1v) is 6.72. The van der Waals surface area contributed by atoms with Crippen LogP contribution in [0.25, 0.3) is 0 Å². The van der Waals surface area contributed by atoms with E-state index in [2.05, 4.69) is 28.5 Å². The van der Waals surface area contributed by atoms with E-state index in [0.717, 1.165) is 37.4 Å². The summed E-state index contributed by atoms with van der Waals surface area (Å²) in [6, 6.07) is 12.3. The highest BCUT2D eigenvalue weighted by Crippen LogP contribution is 2.30. The number of nitrogens with zero attached hydrogens (tertiary/aromatic N) is 1. The zero-order valence-corrected chi connectivity index (χ0v) is 10.9. The van der Waals surface area contributed by atoms with Gasteiger partial charge in [0.05, 0.1) is 6.26 Å². The maximum atomic E-state index is 5.50. The van der Waals surface area contributed by atoms with Crippen LogP contribution < -0.4 is 16.2 Å². The number of benzene rings is 1. The van der Waals surface area contributed by atoms with Gasteiger partial charge in [0.1, 0.15) is 5.76 Å². The number of hydrogen-bond donors (Lipinski definition) is 2. The van der Waals surface area contributed by atoms with Crippen molar-refractivity contribution in [2.45, 2.75) is 18.8 Å². The zero-order chi connectivity index (χ0) is 13.1. The first-order chi connectivity index (χ1) is 9.36. The maximum Gasteiger partial charge on any atom is 0.106 e. The van der Waals surface area contributed by atoms with Gasteiger partial charge in [-0.1, -0.05) is 0 Å². The lowest BCUT2D eigenvalue weighted by molar-refractivity contribution is 0.406. The van der Waals surface area contributed by atoms with Crippen LogP contribution in [0.15, 0.2) is 47.1 Å². The Bertz CT molecular complexity index is 499. The van der Waals surface area contributed by atoms with E-state index in [1.807, 2.05) is 18.2 Å². The smallest absolute Gasteiger partial charge is 0.106 e. The number of hydrazine groups is 1. The van der Waals surface area contributed by atoms with Crippen molar-refractivity contribution >= 4 is 11.4 Å². The van der Waals surface area contributed by atoms with Crippen LogP contribution >= 0.6 is 0 Å². The van der Waals surface area contributed by atoms with Crippen LogP contribution in [0.2, 0.25) is 0 Å². The van der Waals surface area contributed by atoms with Crippen molar-refractivity contribution < 1.29 is 4.42 Å². The van der Waals surface area contributed by atoms with Crippen molar-refractivity contribution in [3.8, 4) is 0 Å². The summed E-state index contributed by atoms with van der Waals surface area (Å²) >= 11 is 0. The number of anilines is 2. The molecule has 19 heavy (non-hydrogen) atoms. The van der Waals surface area contributed by atoms with Crippen LogP contribution in [0.4, 0.5) is 11.4 Å². The normalized spacial score (nSPS) is 16.6. The zero-order valence-electron chi connectivity index (χ0n) is 10.9. The van der Waals surface area contributed by atoms with Crippen molar-refractivity contribution in [2.75, 3.05) is 23.4 Å². The summed E-state index contributed by atoms with van der Waals surface area (Å²) in [6.07, 6.45) is 4.05. The van der Waals surface area contributed by atoms with Crippen molar-refractivity contribution in [3.63, 3.8) is 0 Å². The number of furan rings is 1. The average Bonchev–Trinajstić information content (AvgIpc) is 3.02. The Labute approximate surface area is 113 Å². The third-order valence-corrected chi connectivity index (χ3v) is 3.84. The molecule has 1 aromatic carbocycles. The van der Waals surface area contributed by atoms with E-state index < -0.39 is 0 Å². The molecule has 0 unspecified atom stereocenters. The van der Waals surface area contributed by atoms with E-state index in [1.54, 1.807) is 6.26 Å². The summed E-state index contributed by atoms with van der Waals surface area (Å²) in [5.74, 6) is 7.07. The monoisotopic (exact) mass is 257 g/mol. The minimum absolute atomic E-state index is 0.566. The Hall–Kier alpha value is -1.94. The molecule has 0 atom stereocenters. The first kappa shape index (κ1) is 12.1. The lowest BCUT2D eigenvalue weighted by Crippen LogP contribution is -2.32. The van der Waals surface area contributed by atoms with E-state index >= 15 is 0 Å². The number of nitrogen functional groups attached to an aromatic ring is 1. The molecule has 1 fully saturated rings. The van der Waals surface area contributed by atoms with Crippen LogP contribution in [0.5, 0.6) is 0 Å². The molecular formula is C15H19N3O. The lowest BCUT2D eigenvalue weighted by atomic mass is 9.94. The highest BCUT2D eigenvalue weighted by Gasteiger charge is 2.22. The average molecular weight is 257 g/mol. The van der Waals surface area contributed by atoms with Crippen LogP contribution in [0, 0.1) is 0 Å². The minimum Gasteiger partial charge on any atom is -0.469 e. The molecule has 0 bridgehead atoms. The maximum absolute atomic E-state index is 5.50. The van der Waals surface area contributed by atoms with Crippen LogP contribution in [-0.4, -0.2) is 13.1 Å². The number of piperidine rings is 1. The van der Waals surface area contributed by atoms with E-state index in [9.17, 15) is 0 Å². The number of rotatable bonds is 3. The van der Waals surface area contributed by atoms with Gasteiger partial charge in [-0.15, -0.1) is 0 Å². The van der Waals surface area contributed by atoms with Crippen molar-refractivity contribution in [1.29, 1.82) is 0 Å². The molecule has 100 valence electrons. The molecule has 1 saturated heterocycles. The van der Waals surface area contributed by atoms with Gasteiger partial charge in [-0.25, -0.2) is 0 Å². The van der Waals surface area contributed by atoms with Gasteiger partial charge in [-0.2, -0.15) is 0 Å². The minimum atomic E-state index is 0.566. The van der Waals surface area contributed by atoms with Gasteiger partial charge in [-0.3, -0.25) is 5.84 Å². The summed E-state index contributed by atoms with van der Waals surface area (Å²) in [5.41, 5.74) is 4.85. The molecule has 4 heteroatoms. The molecular weight excluding hydrogens is 238 g/mol. The second-order valence-corrected chi connectivity index (χ2v) is 4.97. The predicted molar refractivity (Wildman–Crippen MR) is 77.1 cm³/mol. The van der Waals surface area contributed by atoms with E-state index in [-0.39, 0.29) is 0 Å². The Morgan fingerprint density at radius 2 is 1.84 bits per heavy atom. The third-order valence-electron chi connectivity index (χ3n) is 3.84. The molecule has 1 aromatic heterocycles. The Morgan fingerprint density at radius 1 is 1.11 bits per heavy atom. The summed E-state index contributed by atoms with van der Waals surface area (Å²) in [4.78, 5) is 2.42. The third kappa shape index (κ3) is 2.58. The standard InChI is InChI=1S/C15H19N3O/c16-17-13-3-5-14(6-4-13)18-9-7-12(8-10-18)15-2-1-11-19-15/h1-6,11-12,17H,7-10,16H2. The molecule has 1 aliphatic heterocycles. The fourth-order valence-electron chi connectivity index (χ4n) is 2.71. The Morgan fingerprint density at radius 3 is 2.42 bits per heavy atom. The fourth-order valence-corrected chi connectivity index (χ4v) is 2.71. The van der Waals surface area contributed by atoms with E-state index in [1.165, 1.54) is 5.69 Å². The number of nitrogens with two attached hydrogens (primary N) is 1. The molecule has 3 rings (SSSR count). The summed E-state index contributed by atoms with van der Waals surface area (Å²) in [6.45, 7) is 2.14. The fraction of sp³-hybridized carbons (Fsp3) is 0.333. The summed E-state index contributed by atoms with van der Waals surface area (Å²) in [7, 11) is 0. The number of hydrogen-bond acceptors (Lipinski definition) is 4. The van der Waals surface area contributed by atoms with Crippen molar-refractivity contribution in [2.24, 2.45) is 5.84 Å². The van der Waals surface area contributed by atoms with Crippen LogP contribution in [0.1, 0.15) is 24.5 Å². The lowest BCUT2D eigenvalue weighted by Gasteiger charge is -2.32. The van der Waals surface area contributed by atoms with Crippen LogP contribution in [0.3, 0.4) is 0 Å². The molecule has 0 amide bonds. The quantitative estimate of drug-likeness (QED) is 0.655. The first-order valence-electron chi connectivity index (χ1n) is 6.72. The molecule has 4 nitrogen and oxygen atoms in total.